The Morgan fingerprint density at radius 2 is 1.67 bits per heavy atom. The molecule has 0 bridgehead atoms. The summed E-state index contributed by atoms with van der Waals surface area (Å²) in [7, 11) is 0. The molecule has 1 fully saturated rings. The number of benzene rings is 2. The van der Waals surface area contributed by atoms with E-state index < -0.39 is 0 Å². The van der Waals surface area contributed by atoms with Gasteiger partial charge in [0.15, 0.2) is 0 Å². The Morgan fingerprint density at radius 1 is 0.963 bits per heavy atom. The number of piperazine rings is 1. The number of nitrogens with one attached hydrogen (secondary N) is 1. The van der Waals surface area contributed by atoms with E-state index in [1.54, 1.807) is 12.4 Å². The van der Waals surface area contributed by atoms with Crippen LogP contribution in [0.1, 0.15) is 11.1 Å². The minimum atomic E-state index is -0.0283. The average molecular weight is 361 g/mol. The minimum Gasteiger partial charge on any atom is -0.322 e. The zero-order chi connectivity index (χ0) is 18.6. The number of amides is 2. The summed E-state index contributed by atoms with van der Waals surface area (Å²) in [5.74, 6) is 0. The van der Waals surface area contributed by atoms with Crippen molar-refractivity contribution in [3.8, 4) is 0 Å². The summed E-state index contributed by atoms with van der Waals surface area (Å²) in [4.78, 5) is 25.4. The van der Waals surface area contributed by atoms with E-state index in [4.69, 9.17) is 0 Å². The van der Waals surface area contributed by atoms with Gasteiger partial charge in [-0.05, 0) is 36.8 Å². The van der Waals surface area contributed by atoms with Crippen LogP contribution >= 0.6 is 0 Å². The van der Waals surface area contributed by atoms with Crippen molar-refractivity contribution < 1.29 is 4.79 Å². The lowest BCUT2D eigenvalue weighted by atomic mass is 10.1. The van der Waals surface area contributed by atoms with Gasteiger partial charge in [0.1, 0.15) is 0 Å². The second-order valence-electron chi connectivity index (χ2n) is 6.94. The van der Waals surface area contributed by atoms with E-state index in [2.05, 4.69) is 32.3 Å². The summed E-state index contributed by atoms with van der Waals surface area (Å²) < 4.78 is 0. The van der Waals surface area contributed by atoms with Crippen LogP contribution in [-0.4, -0.2) is 52.0 Å². The number of rotatable bonds is 3. The van der Waals surface area contributed by atoms with Crippen LogP contribution in [0.5, 0.6) is 0 Å². The maximum Gasteiger partial charge on any atom is 0.321 e. The van der Waals surface area contributed by atoms with Crippen LogP contribution < -0.4 is 5.32 Å². The summed E-state index contributed by atoms with van der Waals surface area (Å²) in [6.07, 6.45) is 3.43. The number of hydrogen-bond acceptors (Lipinski definition) is 4. The molecule has 3 aromatic rings. The molecule has 6 nitrogen and oxygen atoms in total. The van der Waals surface area contributed by atoms with Gasteiger partial charge in [0.2, 0.25) is 0 Å². The highest BCUT2D eigenvalue weighted by atomic mass is 16.2. The highest BCUT2D eigenvalue weighted by molar-refractivity contribution is 5.89. The molecule has 1 saturated heterocycles. The Balaban J connectivity index is 1.31. The van der Waals surface area contributed by atoms with E-state index in [9.17, 15) is 4.79 Å². The van der Waals surface area contributed by atoms with Gasteiger partial charge in [0.05, 0.1) is 11.0 Å². The predicted octanol–water partition coefficient (Wildman–Crippen LogP) is 3.29. The molecule has 1 aliphatic heterocycles. The number of carbonyl (C=O) groups excluding carboxylic acids is 1. The molecule has 2 aromatic carbocycles. The van der Waals surface area contributed by atoms with Crippen LogP contribution in [0.2, 0.25) is 0 Å². The highest BCUT2D eigenvalue weighted by Crippen LogP contribution is 2.15. The third-order valence-corrected chi connectivity index (χ3v) is 4.90. The van der Waals surface area contributed by atoms with Gasteiger partial charge in [0.25, 0.3) is 0 Å². The smallest absolute Gasteiger partial charge is 0.321 e. The molecule has 2 amide bonds. The second-order valence-corrected chi connectivity index (χ2v) is 6.94. The number of fused-ring (bicyclic) bond motifs is 1. The first-order valence-electron chi connectivity index (χ1n) is 9.22. The topological polar surface area (TPSA) is 61.4 Å². The molecule has 2 heterocycles. The van der Waals surface area contributed by atoms with Crippen LogP contribution in [0.4, 0.5) is 10.5 Å². The van der Waals surface area contributed by atoms with Crippen LogP contribution in [0.3, 0.4) is 0 Å². The first-order valence-corrected chi connectivity index (χ1v) is 9.22. The normalized spacial score (nSPS) is 15.1. The summed E-state index contributed by atoms with van der Waals surface area (Å²) in [5, 5.41) is 2.98. The number of carbonyl (C=O) groups is 1. The largest absolute Gasteiger partial charge is 0.322 e. The van der Waals surface area contributed by atoms with Gasteiger partial charge < -0.3 is 10.2 Å². The summed E-state index contributed by atoms with van der Waals surface area (Å²) in [6, 6.07) is 14.1. The van der Waals surface area contributed by atoms with Gasteiger partial charge in [-0.2, -0.15) is 0 Å². The summed E-state index contributed by atoms with van der Waals surface area (Å²) >= 11 is 0. The quantitative estimate of drug-likeness (QED) is 0.778. The third kappa shape index (κ3) is 4.23. The molecule has 0 spiro atoms. The van der Waals surface area contributed by atoms with Gasteiger partial charge in [-0.1, -0.05) is 23.8 Å². The monoisotopic (exact) mass is 361 g/mol. The zero-order valence-corrected chi connectivity index (χ0v) is 15.4. The molecule has 4 rings (SSSR count). The zero-order valence-electron chi connectivity index (χ0n) is 15.4. The predicted molar refractivity (Wildman–Crippen MR) is 107 cm³/mol. The van der Waals surface area contributed by atoms with E-state index in [1.165, 1.54) is 11.1 Å². The van der Waals surface area contributed by atoms with Crippen molar-refractivity contribution >= 4 is 22.8 Å². The fourth-order valence-corrected chi connectivity index (χ4v) is 3.31. The maximum atomic E-state index is 12.4. The fraction of sp³-hybridized carbons (Fsp3) is 0.286. The van der Waals surface area contributed by atoms with Crippen molar-refractivity contribution in [2.45, 2.75) is 13.5 Å². The third-order valence-electron chi connectivity index (χ3n) is 4.90. The number of aromatic nitrogens is 2. The van der Waals surface area contributed by atoms with E-state index >= 15 is 0 Å². The van der Waals surface area contributed by atoms with Crippen LogP contribution in [-0.2, 0) is 6.54 Å². The van der Waals surface area contributed by atoms with E-state index in [1.807, 2.05) is 42.2 Å². The average Bonchev–Trinajstić information content (AvgIpc) is 2.70. The molecule has 0 saturated carbocycles. The van der Waals surface area contributed by atoms with Crippen LogP contribution in [0.25, 0.3) is 11.0 Å². The van der Waals surface area contributed by atoms with Gasteiger partial charge in [-0.3, -0.25) is 14.9 Å². The number of urea groups is 1. The van der Waals surface area contributed by atoms with Crippen molar-refractivity contribution in [1.29, 1.82) is 0 Å². The Kier molecular flexibility index (Phi) is 4.98. The minimum absolute atomic E-state index is 0.0283. The van der Waals surface area contributed by atoms with Crippen LogP contribution in [0.15, 0.2) is 54.9 Å². The van der Waals surface area contributed by atoms with Crippen molar-refractivity contribution in [2.24, 2.45) is 0 Å². The second kappa shape index (κ2) is 7.72. The number of nitrogens with zero attached hydrogens (tertiary/aromatic N) is 4. The Hall–Kier alpha value is -2.99. The SMILES string of the molecule is Cc1ccc(NC(=O)N2CCN(Cc3ccc4nccnc4c3)CC2)cc1. The number of aryl methyl sites for hydroxylation is 1. The maximum absolute atomic E-state index is 12.4. The lowest BCUT2D eigenvalue weighted by molar-refractivity contribution is 0.143. The van der Waals surface area contributed by atoms with Crippen molar-refractivity contribution in [1.82, 2.24) is 19.8 Å². The molecule has 0 radical (unpaired) electrons. The number of anilines is 1. The van der Waals surface area contributed by atoms with E-state index in [-0.39, 0.29) is 6.03 Å². The molecule has 1 aromatic heterocycles. The Labute approximate surface area is 158 Å². The van der Waals surface area contributed by atoms with E-state index in [0.717, 1.165) is 49.4 Å². The first-order chi connectivity index (χ1) is 13.2. The lowest BCUT2D eigenvalue weighted by Crippen LogP contribution is -2.49. The molecule has 1 aliphatic rings. The lowest BCUT2D eigenvalue weighted by Gasteiger charge is -2.34. The van der Waals surface area contributed by atoms with Crippen molar-refractivity contribution in [3.63, 3.8) is 0 Å². The van der Waals surface area contributed by atoms with Gasteiger partial charge in [-0.25, -0.2) is 4.79 Å². The molecule has 1 N–H and O–H groups in total. The molecule has 6 heteroatoms. The van der Waals surface area contributed by atoms with Crippen molar-refractivity contribution in [3.05, 3.63) is 66.0 Å². The van der Waals surface area contributed by atoms with E-state index in [0.29, 0.717) is 0 Å². The molecule has 0 aliphatic carbocycles. The molecule has 27 heavy (non-hydrogen) atoms. The summed E-state index contributed by atoms with van der Waals surface area (Å²) in [6.45, 7) is 6.07. The Morgan fingerprint density at radius 3 is 2.41 bits per heavy atom. The van der Waals surface area contributed by atoms with Crippen molar-refractivity contribution in [2.75, 3.05) is 31.5 Å². The standard InChI is InChI=1S/C21H23N5O/c1-16-2-5-18(6-3-16)24-21(27)26-12-10-25(11-13-26)15-17-4-7-19-20(14-17)23-9-8-22-19/h2-9,14H,10-13,15H2,1H3,(H,24,27). The molecular formula is C21H23N5O. The van der Waals surface area contributed by atoms with Gasteiger partial charge >= 0.3 is 6.03 Å². The Bertz CT molecular complexity index is 933. The van der Waals surface area contributed by atoms with Gasteiger partial charge in [-0.15, -0.1) is 0 Å². The molecule has 0 unspecified atom stereocenters. The summed E-state index contributed by atoms with van der Waals surface area (Å²) in [5.41, 5.74) is 5.08. The molecular weight excluding hydrogens is 338 g/mol. The van der Waals surface area contributed by atoms with Gasteiger partial charge in [0, 0.05) is 50.8 Å². The highest BCUT2D eigenvalue weighted by Gasteiger charge is 2.21. The fourth-order valence-electron chi connectivity index (χ4n) is 3.31. The molecule has 0 atom stereocenters. The first kappa shape index (κ1) is 17.4. The van der Waals surface area contributed by atoms with Crippen LogP contribution in [0, 0.1) is 6.92 Å². The number of hydrogen-bond donors (Lipinski definition) is 1. The molecule has 138 valence electrons.